The molecule has 0 unspecified atom stereocenters. The molecule has 0 N–H and O–H groups in total. The van der Waals surface area contributed by atoms with Crippen molar-refractivity contribution < 1.29 is 0 Å². The van der Waals surface area contributed by atoms with Crippen molar-refractivity contribution in [3.05, 3.63) is 102 Å². The first-order valence-corrected chi connectivity index (χ1v) is 11.4. The number of aryl methyl sites for hydroxylation is 2. The van der Waals surface area contributed by atoms with Crippen molar-refractivity contribution in [1.82, 2.24) is 14.1 Å². The molecule has 162 valence electrons. The Labute approximate surface area is 196 Å². The molecule has 2 aromatic heterocycles. The van der Waals surface area contributed by atoms with E-state index in [1.807, 2.05) is 6.07 Å². The van der Waals surface area contributed by atoms with Gasteiger partial charge < -0.3 is 0 Å². The molecule has 2 heterocycles. The fourth-order valence-corrected chi connectivity index (χ4v) is 5.55. The lowest BCUT2D eigenvalue weighted by molar-refractivity contribution is 0.795. The first-order chi connectivity index (χ1) is 16.6. The molecule has 0 atom stereocenters. The van der Waals surface area contributed by atoms with Gasteiger partial charge in [-0.1, -0.05) is 78.9 Å². The maximum absolute atomic E-state index is 12.5. The van der Waals surface area contributed by atoms with Crippen LogP contribution in [-0.4, -0.2) is 14.1 Å². The van der Waals surface area contributed by atoms with Gasteiger partial charge in [0.05, 0.1) is 16.7 Å². The van der Waals surface area contributed by atoms with Gasteiger partial charge in [0.15, 0.2) is 0 Å². The highest BCUT2D eigenvalue weighted by molar-refractivity contribution is 6.18. The quantitative estimate of drug-likeness (QED) is 0.312. The predicted molar refractivity (Wildman–Crippen MR) is 139 cm³/mol. The molecule has 6 aromatic rings. The highest BCUT2D eigenvalue weighted by Crippen LogP contribution is 2.49. The summed E-state index contributed by atoms with van der Waals surface area (Å²) in [5, 5.41) is 2.60. The van der Waals surface area contributed by atoms with Gasteiger partial charge >= 0.3 is 5.69 Å². The lowest BCUT2D eigenvalue weighted by atomic mass is 9.93. The van der Waals surface area contributed by atoms with E-state index >= 15 is 0 Å². The molecule has 34 heavy (non-hydrogen) atoms. The van der Waals surface area contributed by atoms with Crippen LogP contribution in [0.15, 0.2) is 95.9 Å². The van der Waals surface area contributed by atoms with Gasteiger partial charge in [-0.2, -0.15) is 0 Å². The lowest BCUT2D eigenvalue weighted by Gasteiger charge is -2.11. The summed E-state index contributed by atoms with van der Waals surface area (Å²) in [7, 11) is 3.60. The van der Waals surface area contributed by atoms with Gasteiger partial charge in [-0.3, -0.25) is 14.1 Å². The number of benzene rings is 4. The third-order valence-corrected chi connectivity index (χ3v) is 7.19. The van der Waals surface area contributed by atoms with Crippen molar-refractivity contribution in [3.8, 4) is 44.6 Å². The molecule has 0 aliphatic heterocycles. The Morgan fingerprint density at radius 1 is 0.618 bits per heavy atom. The van der Waals surface area contributed by atoms with E-state index in [9.17, 15) is 4.79 Å². The number of hydrogen-bond acceptors (Lipinski definition) is 2. The largest absolute Gasteiger partial charge is 0.328 e. The first-order valence-electron chi connectivity index (χ1n) is 11.4. The maximum Gasteiger partial charge on any atom is 0.328 e. The Kier molecular flexibility index (Phi) is 3.80. The molecule has 1 aliphatic carbocycles. The predicted octanol–water partition coefficient (Wildman–Crippen LogP) is 6.41. The maximum atomic E-state index is 12.5. The van der Waals surface area contributed by atoms with Crippen LogP contribution in [0.4, 0.5) is 0 Å². The lowest BCUT2D eigenvalue weighted by Crippen LogP contribution is -2.19. The molecule has 0 amide bonds. The molecule has 0 fully saturated rings. The zero-order valence-corrected chi connectivity index (χ0v) is 18.9. The van der Waals surface area contributed by atoms with Gasteiger partial charge in [-0.25, -0.2) is 4.79 Å². The van der Waals surface area contributed by atoms with Crippen LogP contribution in [0.25, 0.3) is 66.4 Å². The van der Waals surface area contributed by atoms with Crippen molar-refractivity contribution in [2.75, 3.05) is 0 Å². The number of hydrogen-bond donors (Lipinski definition) is 0. The monoisotopic (exact) mass is 439 g/mol. The smallest absolute Gasteiger partial charge is 0.295 e. The molecular weight excluding hydrogens is 418 g/mol. The Hall–Kier alpha value is -4.44. The molecule has 1 aliphatic rings. The van der Waals surface area contributed by atoms with Crippen LogP contribution in [0.5, 0.6) is 0 Å². The van der Waals surface area contributed by atoms with Crippen LogP contribution in [0.3, 0.4) is 0 Å². The number of aromatic nitrogens is 3. The minimum Gasteiger partial charge on any atom is -0.295 e. The second-order valence-corrected chi connectivity index (χ2v) is 8.94. The zero-order chi connectivity index (χ0) is 23.0. The van der Waals surface area contributed by atoms with E-state index in [0.717, 1.165) is 27.9 Å². The molecule has 4 heteroatoms. The molecule has 0 radical (unpaired) electrons. The topological polar surface area (TPSA) is 39.8 Å². The Bertz CT molecular complexity index is 1810. The minimum atomic E-state index is -0.0465. The molecule has 0 saturated carbocycles. The van der Waals surface area contributed by atoms with E-state index in [1.54, 1.807) is 29.4 Å². The van der Waals surface area contributed by atoms with E-state index < -0.39 is 0 Å². The number of nitrogens with zero attached hydrogens (tertiary/aromatic N) is 3. The summed E-state index contributed by atoms with van der Waals surface area (Å²) >= 11 is 0. The summed E-state index contributed by atoms with van der Waals surface area (Å²) < 4.78 is 3.34. The molecular formula is C30H21N3O. The molecule has 0 spiro atoms. The summed E-state index contributed by atoms with van der Waals surface area (Å²) in [4.78, 5) is 17.1. The van der Waals surface area contributed by atoms with Gasteiger partial charge in [-0.15, -0.1) is 0 Å². The van der Waals surface area contributed by atoms with Crippen molar-refractivity contribution in [2.45, 2.75) is 0 Å². The molecule has 4 nitrogen and oxygen atoms in total. The van der Waals surface area contributed by atoms with Crippen LogP contribution in [-0.2, 0) is 14.1 Å². The van der Waals surface area contributed by atoms with Crippen molar-refractivity contribution in [3.63, 3.8) is 0 Å². The second kappa shape index (κ2) is 6.78. The van der Waals surface area contributed by atoms with Crippen molar-refractivity contribution in [1.29, 1.82) is 0 Å². The second-order valence-electron chi connectivity index (χ2n) is 8.94. The van der Waals surface area contributed by atoms with Crippen molar-refractivity contribution in [2.24, 2.45) is 14.1 Å². The number of fused-ring (bicyclic) bond motifs is 4. The van der Waals surface area contributed by atoms with Crippen LogP contribution < -0.4 is 5.69 Å². The van der Waals surface area contributed by atoms with E-state index in [-0.39, 0.29) is 5.69 Å². The van der Waals surface area contributed by atoms with Crippen molar-refractivity contribution >= 4 is 21.8 Å². The van der Waals surface area contributed by atoms with E-state index in [2.05, 4.69) is 83.8 Å². The van der Waals surface area contributed by atoms with Gasteiger partial charge in [0.25, 0.3) is 0 Å². The summed E-state index contributed by atoms with van der Waals surface area (Å²) in [6.07, 6.45) is 1.77. The summed E-state index contributed by atoms with van der Waals surface area (Å²) in [6.45, 7) is 0. The summed E-state index contributed by atoms with van der Waals surface area (Å²) in [5.41, 5.74) is 11.1. The van der Waals surface area contributed by atoms with Crippen LogP contribution in [0.1, 0.15) is 0 Å². The SMILES string of the molecule is Cn1c(=O)n(C)c2c(-c3ccc(-c4ccc5c6c(cccc46)-c4ccccc4-5)cc3)nccc21. The van der Waals surface area contributed by atoms with E-state index in [0.29, 0.717) is 0 Å². The normalized spacial score (nSPS) is 11.9. The number of rotatable bonds is 2. The van der Waals surface area contributed by atoms with Gasteiger partial charge in [-0.05, 0) is 50.2 Å². The average Bonchev–Trinajstić information content (AvgIpc) is 3.33. The molecule has 0 bridgehead atoms. The van der Waals surface area contributed by atoms with Gasteiger partial charge in [0.2, 0.25) is 0 Å². The van der Waals surface area contributed by atoms with Gasteiger partial charge in [0, 0.05) is 25.9 Å². The molecule has 4 aromatic carbocycles. The average molecular weight is 440 g/mol. The minimum absolute atomic E-state index is 0.0465. The highest BCUT2D eigenvalue weighted by atomic mass is 16.1. The van der Waals surface area contributed by atoms with E-state index in [1.165, 1.54) is 38.6 Å². The Balaban J connectivity index is 1.39. The first kappa shape index (κ1) is 19.1. The Morgan fingerprint density at radius 2 is 1.26 bits per heavy atom. The van der Waals surface area contributed by atoms with Crippen LogP contribution >= 0.6 is 0 Å². The fraction of sp³-hybridized carbons (Fsp3) is 0.0667. The third kappa shape index (κ3) is 2.42. The van der Waals surface area contributed by atoms with Crippen LogP contribution in [0.2, 0.25) is 0 Å². The fourth-order valence-electron chi connectivity index (χ4n) is 5.55. The van der Waals surface area contributed by atoms with Crippen LogP contribution in [0, 0.1) is 0 Å². The summed E-state index contributed by atoms with van der Waals surface area (Å²) in [6, 6.07) is 30.1. The zero-order valence-electron chi connectivity index (χ0n) is 18.9. The standard InChI is InChI=1S/C30H21N3O/c1-32-26-16-17-31-28(29(26)33(2)30(32)34)19-12-10-18(11-13-19)20-14-15-25-22-7-4-3-6-21(22)24-9-5-8-23(20)27(24)25/h3-17H,1-2H3. The number of pyridine rings is 1. The third-order valence-electron chi connectivity index (χ3n) is 7.19. The van der Waals surface area contributed by atoms with Gasteiger partial charge in [0.1, 0.15) is 0 Å². The summed E-state index contributed by atoms with van der Waals surface area (Å²) in [5.74, 6) is 0. The van der Waals surface area contributed by atoms with E-state index in [4.69, 9.17) is 0 Å². The number of imidazole rings is 1. The molecule has 0 saturated heterocycles. The molecule has 7 rings (SSSR count). The Morgan fingerprint density at radius 3 is 2.03 bits per heavy atom. The highest BCUT2D eigenvalue weighted by Gasteiger charge is 2.22.